The SMILES string of the molecule is CCOC1(OC2=CCC=C2)CC=C(C(C)(C)C)C=C1C(C)(C)C. The highest BCUT2D eigenvalue weighted by Gasteiger charge is 2.45. The van der Waals surface area contributed by atoms with E-state index in [2.05, 4.69) is 65.8 Å². The molecule has 0 aromatic heterocycles. The van der Waals surface area contributed by atoms with Gasteiger partial charge >= 0.3 is 0 Å². The first-order chi connectivity index (χ1) is 10.6. The van der Waals surface area contributed by atoms with Crippen LogP contribution in [-0.4, -0.2) is 12.4 Å². The van der Waals surface area contributed by atoms with Crippen LogP contribution in [0.4, 0.5) is 0 Å². The fourth-order valence-corrected chi connectivity index (χ4v) is 3.19. The van der Waals surface area contributed by atoms with E-state index in [0.29, 0.717) is 6.61 Å². The van der Waals surface area contributed by atoms with E-state index >= 15 is 0 Å². The van der Waals surface area contributed by atoms with Crippen molar-refractivity contribution in [2.75, 3.05) is 6.61 Å². The molecule has 2 nitrogen and oxygen atoms in total. The monoisotopic (exact) mass is 316 g/mol. The van der Waals surface area contributed by atoms with Crippen molar-refractivity contribution >= 4 is 0 Å². The lowest BCUT2D eigenvalue weighted by molar-refractivity contribution is -0.189. The zero-order valence-corrected chi connectivity index (χ0v) is 15.8. The Morgan fingerprint density at radius 3 is 2.22 bits per heavy atom. The average molecular weight is 316 g/mol. The molecular weight excluding hydrogens is 284 g/mol. The Bertz CT molecular complexity index is 562. The zero-order valence-electron chi connectivity index (χ0n) is 15.8. The minimum atomic E-state index is -0.692. The number of ether oxygens (including phenoxy) is 2. The molecule has 0 saturated heterocycles. The Morgan fingerprint density at radius 1 is 1.04 bits per heavy atom. The van der Waals surface area contributed by atoms with Gasteiger partial charge in [-0.3, -0.25) is 0 Å². The van der Waals surface area contributed by atoms with Gasteiger partial charge in [0.2, 0.25) is 5.79 Å². The third kappa shape index (κ3) is 3.98. The zero-order chi connectivity index (χ0) is 17.3. The van der Waals surface area contributed by atoms with Crippen molar-refractivity contribution in [2.24, 2.45) is 10.8 Å². The third-order valence-electron chi connectivity index (χ3n) is 4.37. The van der Waals surface area contributed by atoms with E-state index < -0.39 is 5.79 Å². The van der Waals surface area contributed by atoms with Gasteiger partial charge in [0.05, 0.1) is 0 Å². The first-order valence-electron chi connectivity index (χ1n) is 8.71. The maximum Gasteiger partial charge on any atom is 0.237 e. The van der Waals surface area contributed by atoms with E-state index in [9.17, 15) is 0 Å². The minimum absolute atomic E-state index is 0.0250. The van der Waals surface area contributed by atoms with Gasteiger partial charge in [-0.15, -0.1) is 0 Å². The summed E-state index contributed by atoms with van der Waals surface area (Å²) < 4.78 is 12.6. The van der Waals surface area contributed by atoms with Gasteiger partial charge in [0.1, 0.15) is 5.76 Å². The average Bonchev–Trinajstić information content (AvgIpc) is 2.89. The predicted octanol–water partition coefficient (Wildman–Crippen LogP) is 5.93. The van der Waals surface area contributed by atoms with Gasteiger partial charge in [0.25, 0.3) is 0 Å². The highest BCUT2D eigenvalue weighted by atomic mass is 16.7. The molecule has 0 aromatic rings. The second-order valence-corrected chi connectivity index (χ2v) is 8.45. The van der Waals surface area contributed by atoms with Crippen LogP contribution in [0.5, 0.6) is 0 Å². The second kappa shape index (κ2) is 6.32. The lowest BCUT2D eigenvalue weighted by atomic mass is 9.72. The topological polar surface area (TPSA) is 18.5 Å². The Morgan fingerprint density at radius 2 is 1.74 bits per heavy atom. The molecule has 2 aliphatic rings. The summed E-state index contributed by atoms with van der Waals surface area (Å²) in [7, 11) is 0. The van der Waals surface area contributed by atoms with Crippen LogP contribution in [0.3, 0.4) is 0 Å². The van der Waals surface area contributed by atoms with Crippen molar-refractivity contribution in [3.63, 3.8) is 0 Å². The lowest BCUT2D eigenvalue weighted by Gasteiger charge is -2.44. The van der Waals surface area contributed by atoms with Crippen LogP contribution in [0.25, 0.3) is 0 Å². The fraction of sp³-hybridized carbons (Fsp3) is 0.619. The molecule has 0 radical (unpaired) electrons. The minimum Gasteiger partial charge on any atom is -0.458 e. The Hall–Kier alpha value is -1.28. The Balaban J connectivity index is 2.46. The number of hydrogen-bond acceptors (Lipinski definition) is 2. The molecule has 1 unspecified atom stereocenters. The molecule has 2 rings (SSSR count). The summed E-state index contributed by atoms with van der Waals surface area (Å²) in [5.74, 6) is 0.226. The van der Waals surface area contributed by atoms with Crippen molar-refractivity contribution in [2.45, 2.75) is 67.1 Å². The van der Waals surface area contributed by atoms with Crippen LogP contribution in [0.15, 0.2) is 47.3 Å². The summed E-state index contributed by atoms with van der Waals surface area (Å²) in [5.41, 5.74) is 2.68. The summed E-state index contributed by atoms with van der Waals surface area (Å²) in [6.07, 6.45) is 12.6. The summed E-state index contributed by atoms with van der Waals surface area (Å²) in [6.45, 7) is 16.1. The lowest BCUT2D eigenvalue weighted by Crippen LogP contribution is -2.44. The van der Waals surface area contributed by atoms with Crippen molar-refractivity contribution in [1.29, 1.82) is 0 Å². The first kappa shape index (κ1) is 18.1. The molecule has 2 heteroatoms. The molecule has 0 amide bonds. The summed E-state index contributed by atoms with van der Waals surface area (Å²) in [5, 5.41) is 0. The molecule has 0 heterocycles. The Kier molecular flexibility index (Phi) is 4.96. The molecule has 0 aliphatic heterocycles. The van der Waals surface area contributed by atoms with E-state index in [1.165, 1.54) is 11.1 Å². The van der Waals surface area contributed by atoms with E-state index in [-0.39, 0.29) is 10.8 Å². The van der Waals surface area contributed by atoms with Crippen LogP contribution in [-0.2, 0) is 9.47 Å². The second-order valence-electron chi connectivity index (χ2n) is 8.45. The van der Waals surface area contributed by atoms with Crippen LogP contribution in [0.1, 0.15) is 61.3 Å². The normalized spacial score (nSPS) is 25.1. The maximum atomic E-state index is 6.42. The standard InChI is InChI=1S/C21H32O2/c1-8-22-21(23-17-11-9-10-12-17)14-13-16(19(2,3)4)15-18(21)20(5,6)7/h9,11-13,15H,8,10,14H2,1-7H3. The van der Waals surface area contributed by atoms with E-state index in [4.69, 9.17) is 9.47 Å². The first-order valence-corrected chi connectivity index (χ1v) is 8.71. The summed E-state index contributed by atoms with van der Waals surface area (Å²) in [4.78, 5) is 0. The van der Waals surface area contributed by atoms with Crippen LogP contribution in [0.2, 0.25) is 0 Å². The van der Waals surface area contributed by atoms with Gasteiger partial charge < -0.3 is 9.47 Å². The molecule has 128 valence electrons. The molecule has 1 atom stereocenters. The molecule has 0 aromatic carbocycles. The molecular formula is C21H32O2. The van der Waals surface area contributed by atoms with Gasteiger partial charge in [0.15, 0.2) is 0 Å². The van der Waals surface area contributed by atoms with Gasteiger partial charge in [-0.1, -0.05) is 59.8 Å². The number of hydrogen-bond donors (Lipinski definition) is 0. The quantitative estimate of drug-likeness (QED) is 0.599. The maximum absolute atomic E-state index is 6.42. The van der Waals surface area contributed by atoms with Gasteiger partial charge in [-0.25, -0.2) is 0 Å². The van der Waals surface area contributed by atoms with Gasteiger partial charge in [-0.2, -0.15) is 0 Å². The van der Waals surface area contributed by atoms with Crippen molar-refractivity contribution < 1.29 is 9.47 Å². The van der Waals surface area contributed by atoms with Crippen LogP contribution in [0, 0.1) is 10.8 Å². The smallest absolute Gasteiger partial charge is 0.237 e. The molecule has 2 aliphatic carbocycles. The molecule has 0 N–H and O–H groups in total. The fourth-order valence-electron chi connectivity index (χ4n) is 3.19. The van der Waals surface area contributed by atoms with E-state index in [1.807, 2.05) is 13.0 Å². The Labute approximate surface area is 141 Å². The third-order valence-corrected chi connectivity index (χ3v) is 4.37. The molecule has 23 heavy (non-hydrogen) atoms. The predicted molar refractivity (Wildman–Crippen MR) is 97.0 cm³/mol. The largest absolute Gasteiger partial charge is 0.458 e. The highest BCUT2D eigenvalue weighted by Crippen LogP contribution is 2.47. The molecule has 0 saturated carbocycles. The summed E-state index contributed by atoms with van der Waals surface area (Å²) >= 11 is 0. The number of rotatable bonds is 4. The van der Waals surface area contributed by atoms with E-state index in [1.54, 1.807) is 0 Å². The van der Waals surface area contributed by atoms with Gasteiger partial charge in [0, 0.05) is 18.6 Å². The molecule has 0 fully saturated rings. The van der Waals surface area contributed by atoms with Crippen molar-refractivity contribution in [1.82, 2.24) is 0 Å². The van der Waals surface area contributed by atoms with Crippen molar-refractivity contribution in [3.8, 4) is 0 Å². The van der Waals surface area contributed by atoms with Gasteiger partial charge in [-0.05, 0) is 41.9 Å². The van der Waals surface area contributed by atoms with Crippen LogP contribution >= 0.6 is 0 Å². The molecule has 0 bridgehead atoms. The van der Waals surface area contributed by atoms with Crippen LogP contribution < -0.4 is 0 Å². The highest BCUT2D eigenvalue weighted by molar-refractivity contribution is 5.40. The summed E-state index contributed by atoms with van der Waals surface area (Å²) in [6, 6.07) is 0. The van der Waals surface area contributed by atoms with Crippen molar-refractivity contribution in [3.05, 3.63) is 47.3 Å². The number of allylic oxidation sites excluding steroid dienone is 5. The molecule has 0 spiro atoms. The van der Waals surface area contributed by atoms with E-state index in [0.717, 1.165) is 18.6 Å².